The van der Waals surface area contributed by atoms with Crippen molar-refractivity contribution < 1.29 is 18.0 Å². The van der Waals surface area contributed by atoms with Gasteiger partial charge in [0.15, 0.2) is 0 Å². The highest BCUT2D eigenvalue weighted by Crippen LogP contribution is 2.33. The van der Waals surface area contributed by atoms with Gasteiger partial charge in [0.2, 0.25) is 0 Å². The minimum Gasteiger partial charge on any atom is -0.328 e. The Morgan fingerprint density at radius 1 is 0.969 bits per heavy atom. The van der Waals surface area contributed by atoms with Gasteiger partial charge in [0.25, 0.3) is 5.91 Å². The molecule has 1 aliphatic heterocycles. The summed E-state index contributed by atoms with van der Waals surface area (Å²) in [4.78, 5) is 14.5. The van der Waals surface area contributed by atoms with E-state index in [2.05, 4.69) is 0 Å². The smallest absolute Gasteiger partial charge is 0.328 e. The summed E-state index contributed by atoms with van der Waals surface area (Å²) in [5.41, 5.74) is 2.78. The minimum absolute atomic E-state index is 0.0132. The van der Waals surface area contributed by atoms with Crippen molar-refractivity contribution in [1.29, 1.82) is 0 Å². The third-order valence-electron chi connectivity index (χ3n) is 5.65. The summed E-state index contributed by atoms with van der Waals surface area (Å²) in [6.07, 6.45) is -0.688. The van der Waals surface area contributed by atoms with E-state index in [1.165, 1.54) is 17.0 Å². The molecule has 2 aromatic carbocycles. The monoisotopic (exact) mass is 436 g/mol. The number of hydrogen-bond acceptors (Lipinski definition) is 2. The third-order valence-corrected chi connectivity index (χ3v) is 5.65. The number of alkyl halides is 3. The molecule has 0 spiro atoms. The average Bonchev–Trinajstić information content (AvgIpc) is 3.49. The van der Waals surface area contributed by atoms with E-state index in [9.17, 15) is 18.0 Å². The second kappa shape index (κ2) is 7.40. The molecule has 0 aliphatic carbocycles. The Morgan fingerprint density at radius 2 is 1.72 bits per heavy atom. The van der Waals surface area contributed by atoms with Gasteiger partial charge in [-0.1, -0.05) is 24.3 Å². The summed E-state index contributed by atoms with van der Waals surface area (Å²) in [6, 6.07) is 16.2. The zero-order valence-corrected chi connectivity index (χ0v) is 17.2. The molecule has 3 heterocycles. The molecule has 4 aromatic rings. The molecule has 0 bridgehead atoms. The lowest BCUT2D eigenvalue weighted by molar-refractivity contribution is -0.137. The number of carbonyl (C=O) groups excluding carboxylic acids is 1. The Hall–Kier alpha value is -3.81. The van der Waals surface area contributed by atoms with Crippen molar-refractivity contribution >= 4 is 5.91 Å². The lowest BCUT2D eigenvalue weighted by atomic mass is 10.1. The maximum Gasteiger partial charge on any atom is 0.416 e. The Kier molecular flexibility index (Phi) is 4.65. The maximum atomic E-state index is 13.1. The van der Waals surface area contributed by atoms with Gasteiger partial charge < -0.3 is 9.47 Å². The van der Waals surface area contributed by atoms with Crippen molar-refractivity contribution in [2.24, 2.45) is 0 Å². The summed E-state index contributed by atoms with van der Waals surface area (Å²) in [7, 11) is 0. The van der Waals surface area contributed by atoms with Gasteiger partial charge in [0.05, 0.1) is 30.0 Å². The Bertz CT molecular complexity index is 1310. The minimum atomic E-state index is -4.50. The first kappa shape index (κ1) is 20.1. The first-order valence-electron chi connectivity index (χ1n) is 10.1. The quantitative estimate of drug-likeness (QED) is 0.446. The van der Waals surface area contributed by atoms with Gasteiger partial charge in [-0.2, -0.15) is 18.3 Å². The highest BCUT2D eigenvalue weighted by molar-refractivity contribution is 5.94. The summed E-state index contributed by atoms with van der Waals surface area (Å²) in [6.45, 7) is 2.51. The van der Waals surface area contributed by atoms with Crippen molar-refractivity contribution in [2.45, 2.75) is 26.2 Å². The standard InChI is InChI=1S/C24H19F3N4O/c1-16-7-2-3-10-21(16)31-22(29-11-4-5-12-29)19-14-30(15-20(19)28-31)23(32)17-8-6-9-18(13-17)24(25,26)27/h2-13H,14-15H2,1H3. The molecule has 0 saturated carbocycles. The van der Waals surface area contributed by atoms with Gasteiger partial charge >= 0.3 is 6.18 Å². The summed E-state index contributed by atoms with van der Waals surface area (Å²) in [5.74, 6) is 0.369. The molecule has 0 saturated heterocycles. The van der Waals surface area contributed by atoms with Crippen LogP contribution in [0.25, 0.3) is 11.5 Å². The van der Waals surface area contributed by atoms with Crippen LogP contribution in [-0.2, 0) is 19.3 Å². The number of para-hydroxylation sites is 1. The van der Waals surface area contributed by atoms with Gasteiger partial charge in [-0.3, -0.25) is 4.79 Å². The van der Waals surface area contributed by atoms with Gasteiger partial charge in [-0.25, -0.2) is 4.68 Å². The molecule has 0 unspecified atom stereocenters. The molecule has 0 atom stereocenters. The number of rotatable bonds is 3. The van der Waals surface area contributed by atoms with E-state index >= 15 is 0 Å². The summed E-state index contributed by atoms with van der Waals surface area (Å²) in [5, 5.41) is 4.78. The SMILES string of the molecule is Cc1ccccc1-n1nc2c(c1-n1cccc1)CN(C(=O)c1cccc(C(F)(F)F)c1)C2. The number of aryl methyl sites for hydroxylation is 1. The van der Waals surface area contributed by atoms with Gasteiger partial charge in [-0.05, 0) is 48.9 Å². The van der Waals surface area contributed by atoms with Crippen LogP contribution < -0.4 is 0 Å². The highest BCUT2D eigenvalue weighted by atomic mass is 19.4. The molecule has 5 nitrogen and oxygen atoms in total. The molecule has 32 heavy (non-hydrogen) atoms. The van der Waals surface area contributed by atoms with E-state index in [-0.39, 0.29) is 18.7 Å². The molecule has 0 fully saturated rings. The van der Waals surface area contributed by atoms with Gasteiger partial charge in [0, 0.05) is 23.5 Å². The summed E-state index contributed by atoms with van der Waals surface area (Å²) < 4.78 is 43.1. The number of hydrogen-bond donors (Lipinski definition) is 0. The van der Waals surface area contributed by atoms with Crippen LogP contribution in [0, 0.1) is 6.92 Å². The van der Waals surface area contributed by atoms with Crippen molar-refractivity contribution in [3.63, 3.8) is 0 Å². The van der Waals surface area contributed by atoms with Gasteiger partial charge in [0.1, 0.15) is 5.82 Å². The van der Waals surface area contributed by atoms with E-state index in [0.717, 1.165) is 40.5 Å². The molecule has 0 radical (unpaired) electrons. The van der Waals surface area contributed by atoms with E-state index in [0.29, 0.717) is 0 Å². The fourth-order valence-electron chi connectivity index (χ4n) is 4.07. The third kappa shape index (κ3) is 3.37. The molecule has 8 heteroatoms. The van der Waals surface area contributed by atoms with Crippen molar-refractivity contribution in [2.75, 3.05) is 0 Å². The number of fused-ring (bicyclic) bond motifs is 1. The maximum absolute atomic E-state index is 13.1. The summed E-state index contributed by atoms with van der Waals surface area (Å²) >= 11 is 0. The number of aromatic nitrogens is 3. The predicted molar refractivity (Wildman–Crippen MR) is 113 cm³/mol. The second-order valence-electron chi connectivity index (χ2n) is 7.78. The zero-order chi connectivity index (χ0) is 22.5. The fourth-order valence-corrected chi connectivity index (χ4v) is 4.07. The van der Waals surface area contributed by atoms with E-state index in [1.807, 2.05) is 65.0 Å². The average molecular weight is 436 g/mol. The van der Waals surface area contributed by atoms with Gasteiger partial charge in [-0.15, -0.1) is 0 Å². The Labute approximate surface area is 182 Å². The fraction of sp³-hybridized carbons (Fsp3) is 0.167. The van der Waals surface area contributed by atoms with Crippen LogP contribution >= 0.6 is 0 Å². The van der Waals surface area contributed by atoms with Crippen LogP contribution in [0.4, 0.5) is 13.2 Å². The molecule has 0 N–H and O–H groups in total. The largest absolute Gasteiger partial charge is 0.416 e. The van der Waals surface area contributed by atoms with E-state index in [4.69, 9.17) is 5.10 Å². The lowest BCUT2D eigenvalue weighted by Crippen LogP contribution is -2.26. The first-order valence-corrected chi connectivity index (χ1v) is 10.1. The lowest BCUT2D eigenvalue weighted by Gasteiger charge is -2.18. The van der Waals surface area contributed by atoms with Crippen LogP contribution in [0.15, 0.2) is 73.1 Å². The number of benzene rings is 2. The van der Waals surface area contributed by atoms with Crippen LogP contribution in [0.1, 0.15) is 32.7 Å². The molecular weight excluding hydrogens is 417 g/mol. The highest BCUT2D eigenvalue weighted by Gasteiger charge is 2.34. The first-order chi connectivity index (χ1) is 15.3. The number of halogens is 3. The predicted octanol–water partition coefficient (Wildman–Crippen LogP) is 5.15. The van der Waals surface area contributed by atoms with Crippen molar-refractivity contribution in [3.05, 3.63) is 101 Å². The van der Waals surface area contributed by atoms with Crippen LogP contribution in [0.5, 0.6) is 0 Å². The van der Waals surface area contributed by atoms with Crippen molar-refractivity contribution in [1.82, 2.24) is 19.2 Å². The second-order valence-corrected chi connectivity index (χ2v) is 7.78. The van der Waals surface area contributed by atoms with Crippen LogP contribution in [-0.4, -0.2) is 25.2 Å². The van der Waals surface area contributed by atoms with Crippen molar-refractivity contribution in [3.8, 4) is 11.5 Å². The molecule has 1 amide bonds. The van der Waals surface area contributed by atoms with E-state index < -0.39 is 17.6 Å². The molecular formula is C24H19F3N4O. The molecule has 162 valence electrons. The number of nitrogens with zero attached hydrogens (tertiary/aromatic N) is 4. The molecule has 5 rings (SSSR count). The number of amides is 1. The normalized spacial score (nSPS) is 13.4. The Balaban J connectivity index is 1.52. The van der Waals surface area contributed by atoms with Crippen LogP contribution in [0.2, 0.25) is 0 Å². The van der Waals surface area contributed by atoms with E-state index in [1.54, 1.807) is 0 Å². The zero-order valence-electron chi connectivity index (χ0n) is 17.2. The molecule has 2 aromatic heterocycles. The molecule has 1 aliphatic rings. The topological polar surface area (TPSA) is 43.1 Å². The Morgan fingerprint density at radius 3 is 2.44 bits per heavy atom. The van der Waals surface area contributed by atoms with Crippen LogP contribution in [0.3, 0.4) is 0 Å². The number of carbonyl (C=O) groups is 1.